The fourth-order valence-corrected chi connectivity index (χ4v) is 3.82. The van der Waals surface area contributed by atoms with Crippen LogP contribution in [-0.4, -0.2) is 47.6 Å². The molecule has 3 heterocycles. The van der Waals surface area contributed by atoms with E-state index in [0.29, 0.717) is 11.1 Å². The highest BCUT2D eigenvalue weighted by molar-refractivity contribution is 6.01. The first kappa shape index (κ1) is 18.1. The van der Waals surface area contributed by atoms with Crippen molar-refractivity contribution in [2.75, 3.05) is 32.1 Å². The molecule has 6 heteroatoms. The van der Waals surface area contributed by atoms with Crippen LogP contribution in [0.1, 0.15) is 35.2 Å². The third-order valence-electron chi connectivity index (χ3n) is 5.31. The van der Waals surface area contributed by atoms with E-state index in [1.165, 1.54) is 6.42 Å². The minimum absolute atomic E-state index is 0.0562. The van der Waals surface area contributed by atoms with Gasteiger partial charge >= 0.3 is 0 Å². The maximum absolute atomic E-state index is 13.0. The van der Waals surface area contributed by atoms with Gasteiger partial charge in [0, 0.05) is 32.7 Å². The number of carbonyl (C=O) groups is 1. The van der Waals surface area contributed by atoms with Crippen molar-refractivity contribution in [3.63, 3.8) is 0 Å². The van der Waals surface area contributed by atoms with Crippen molar-refractivity contribution in [1.29, 1.82) is 5.26 Å². The van der Waals surface area contributed by atoms with Crippen LogP contribution in [0.15, 0.2) is 42.6 Å². The lowest BCUT2D eigenvalue weighted by atomic mass is 10.1. The molecule has 6 nitrogen and oxygen atoms in total. The summed E-state index contributed by atoms with van der Waals surface area (Å²) in [6.07, 6.45) is 4.99. The van der Waals surface area contributed by atoms with Gasteiger partial charge in [0.15, 0.2) is 0 Å². The molecule has 2 aromatic heterocycles. The summed E-state index contributed by atoms with van der Waals surface area (Å²) >= 11 is 0. The molecule has 0 bridgehead atoms. The van der Waals surface area contributed by atoms with Crippen LogP contribution in [0.2, 0.25) is 0 Å². The Morgan fingerprint density at radius 1 is 1.14 bits per heavy atom. The lowest BCUT2D eigenvalue weighted by molar-refractivity contribution is 0.0726. The first-order valence-corrected chi connectivity index (χ1v) is 9.58. The number of nitrogens with zero attached hydrogens (tertiary/aromatic N) is 5. The lowest BCUT2D eigenvalue weighted by Crippen LogP contribution is -2.35. The predicted molar refractivity (Wildman–Crippen MR) is 109 cm³/mol. The number of amides is 1. The number of fused-ring (bicyclic) bond motifs is 1. The molecule has 0 saturated carbocycles. The van der Waals surface area contributed by atoms with E-state index in [0.717, 1.165) is 48.4 Å². The Balaban J connectivity index is 1.78. The summed E-state index contributed by atoms with van der Waals surface area (Å²) in [5.41, 5.74) is 4.78. The molecule has 1 fully saturated rings. The van der Waals surface area contributed by atoms with Gasteiger partial charge in [-0.15, -0.1) is 0 Å². The zero-order chi connectivity index (χ0) is 19.7. The molecule has 1 aliphatic rings. The number of piperidine rings is 1. The minimum atomic E-state index is 0.0562. The molecule has 0 atom stereocenters. The van der Waals surface area contributed by atoms with Gasteiger partial charge in [0.1, 0.15) is 6.07 Å². The number of likely N-dealkylation sites (tertiary alicyclic amines) is 1. The molecule has 0 radical (unpaired) electrons. The van der Waals surface area contributed by atoms with Gasteiger partial charge in [0.25, 0.3) is 5.91 Å². The molecule has 0 unspecified atom stereocenters. The molecule has 1 saturated heterocycles. The fourth-order valence-electron chi connectivity index (χ4n) is 3.82. The van der Waals surface area contributed by atoms with Crippen molar-refractivity contribution in [2.45, 2.75) is 19.3 Å². The van der Waals surface area contributed by atoms with Crippen LogP contribution in [0.4, 0.5) is 5.69 Å². The quantitative estimate of drug-likeness (QED) is 0.704. The van der Waals surface area contributed by atoms with E-state index in [-0.39, 0.29) is 5.91 Å². The van der Waals surface area contributed by atoms with E-state index in [1.54, 1.807) is 6.20 Å². The van der Waals surface area contributed by atoms with Crippen molar-refractivity contribution < 1.29 is 4.79 Å². The Kier molecular flexibility index (Phi) is 4.74. The van der Waals surface area contributed by atoms with Gasteiger partial charge in [0.2, 0.25) is 0 Å². The van der Waals surface area contributed by atoms with Gasteiger partial charge in [0.05, 0.1) is 34.2 Å². The average molecular weight is 373 g/mol. The normalized spacial score (nSPS) is 14.1. The topological polar surface area (TPSA) is 64.6 Å². The van der Waals surface area contributed by atoms with Crippen molar-refractivity contribution in [2.24, 2.45) is 0 Å². The standard InChI is InChI=1S/C22H23N5O/c1-25(2)21-13-16(9-10-17(21)14-23)19-7-6-8-20-18(15-24-27(19)20)22(28)26-11-4-3-5-12-26/h6-10,13,15H,3-5,11-12H2,1-2H3. The molecule has 0 spiro atoms. The summed E-state index contributed by atoms with van der Waals surface area (Å²) in [5, 5.41) is 13.9. The summed E-state index contributed by atoms with van der Waals surface area (Å²) in [6.45, 7) is 1.63. The van der Waals surface area contributed by atoms with Crippen molar-refractivity contribution >= 4 is 17.1 Å². The van der Waals surface area contributed by atoms with Gasteiger partial charge in [-0.25, -0.2) is 4.52 Å². The number of aromatic nitrogens is 2. The molecule has 3 aromatic rings. The molecule has 142 valence electrons. The Morgan fingerprint density at radius 3 is 2.64 bits per heavy atom. The molecular formula is C22H23N5O. The Morgan fingerprint density at radius 2 is 1.93 bits per heavy atom. The lowest BCUT2D eigenvalue weighted by Gasteiger charge is -2.26. The number of hydrogen-bond acceptors (Lipinski definition) is 4. The molecule has 28 heavy (non-hydrogen) atoms. The summed E-state index contributed by atoms with van der Waals surface area (Å²) < 4.78 is 1.82. The van der Waals surface area contributed by atoms with Crippen LogP contribution >= 0.6 is 0 Å². The highest BCUT2D eigenvalue weighted by atomic mass is 16.2. The largest absolute Gasteiger partial charge is 0.377 e. The number of hydrogen-bond donors (Lipinski definition) is 0. The van der Waals surface area contributed by atoms with Crippen LogP contribution in [0.25, 0.3) is 16.8 Å². The summed E-state index contributed by atoms with van der Waals surface area (Å²) in [7, 11) is 3.84. The summed E-state index contributed by atoms with van der Waals surface area (Å²) in [4.78, 5) is 16.8. The fraction of sp³-hybridized carbons (Fsp3) is 0.318. The highest BCUT2D eigenvalue weighted by Crippen LogP contribution is 2.28. The maximum atomic E-state index is 13.0. The van der Waals surface area contributed by atoms with Gasteiger partial charge in [-0.2, -0.15) is 10.4 Å². The molecular weight excluding hydrogens is 350 g/mol. The van der Waals surface area contributed by atoms with E-state index in [1.807, 2.05) is 64.8 Å². The molecule has 1 aliphatic heterocycles. The van der Waals surface area contributed by atoms with E-state index >= 15 is 0 Å². The summed E-state index contributed by atoms with van der Waals surface area (Å²) in [5.74, 6) is 0.0562. The number of pyridine rings is 1. The van der Waals surface area contributed by atoms with E-state index < -0.39 is 0 Å². The number of anilines is 1. The first-order valence-electron chi connectivity index (χ1n) is 9.58. The van der Waals surface area contributed by atoms with Crippen molar-refractivity contribution in [1.82, 2.24) is 14.5 Å². The zero-order valence-electron chi connectivity index (χ0n) is 16.2. The minimum Gasteiger partial charge on any atom is -0.377 e. The van der Waals surface area contributed by atoms with E-state index in [4.69, 9.17) is 0 Å². The first-order chi connectivity index (χ1) is 13.6. The van der Waals surface area contributed by atoms with Gasteiger partial charge in [-0.3, -0.25) is 4.79 Å². The monoisotopic (exact) mass is 373 g/mol. The van der Waals surface area contributed by atoms with Crippen LogP contribution in [0.5, 0.6) is 0 Å². The predicted octanol–water partition coefficient (Wildman–Crippen LogP) is 3.57. The maximum Gasteiger partial charge on any atom is 0.257 e. The second-order valence-electron chi connectivity index (χ2n) is 7.36. The second-order valence-corrected chi connectivity index (χ2v) is 7.36. The number of rotatable bonds is 3. The smallest absolute Gasteiger partial charge is 0.257 e. The SMILES string of the molecule is CN(C)c1cc(-c2cccc3c(C(=O)N4CCCCC4)cnn23)ccc1C#N. The van der Waals surface area contributed by atoms with E-state index in [9.17, 15) is 10.1 Å². The molecule has 0 aliphatic carbocycles. The van der Waals surface area contributed by atoms with Gasteiger partial charge in [-0.1, -0.05) is 12.1 Å². The second kappa shape index (κ2) is 7.35. The van der Waals surface area contributed by atoms with Crippen LogP contribution in [-0.2, 0) is 0 Å². The zero-order valence-corrected chi connectivity index (χ0v) is 16.2. The van der Waals surface area contributed by atoms with Gasteiger partial charge < -0.3 is 9.80 Å². The third kappa shape index (κ3) is 3.09. The van der Waals surface area contributed by atoms with Gasteiger partial charge in [-0.05, 0) is 43.5 Å². The highest BCUT2D eigenvalue weighted by Gasteiger charge is 2.22. The number of nitriles is 1. The molecule has 4 rings (SSSR count). The molecule has 1 aromatic carbocycles. The number of benzene rings is 1. The third-order valence-corrected chi connectivity index (χ3v) is 5.31. The molecule has 1 amide bonds. The molecule has 0 N–H and O–H groups in total. The van der Waals surface area contributed by atoms with Crippen LogP contribution < -0.4 is 4.90 Å². The summed E-state index contributed by atoms with van der Waals surface area (Å²) in [6, 6.07) is 13.8. The Hall–Kier alpha value is -3.33. The van der Waals surface area contributed by atoms with Crippen LogP contribution in [0.3, 0.4) is 0 Å². The average Bonchev–Trinajstić information content (AvgIpc) is 3.17. The van der Waals surface area contributed by atoms with Crippen LogP contribution in [0, 0.1) is 11.3 Å². The van der Waals surface area contributed by atoms with Crippen molar-refractivity contribution in [3.8, 4) is 17.3 Å². The Labute approximate surface area is 164 Å². The Bertz CT molecular complexity index is 1070. The van der Waals surface area contributed by atoms with Crippen molar-refractivity contribution in [3.05, 3.63) is 53.7 Å². The van der Waals surface area contributed by atoms with E-state index in [2.05, 4.69) is 11.2 Å². The number of carbonyl (C=O) groups excluding carboxylic acids is 1.